The molecule has 0 bridgehead atoms. The highest BCUT2D eigenvalue weighted by molar-refractivity contribution is 5.18. The lowest BCUT2D eigenvalue weighted by atomic mass is 9.87. The van der Waals surface area contributed by atoms with Gasteiger partial charge in [0.05, 0.1) is 6.26 Å². The number of rotatable bonds is 8. The van der Waals surface area contributed by atoms with Crippen LogP contribution in [0, 0.1) is 17.8 Å². The minimum atomic E-state index is -0.728. The molecule has 122 valence electrons. The molecule has 0 saturated heterocycles. The molecule has 22 heavy (non-hydrogen) atoms. The molecule has 1 aromatic heterocycles. The van der Waals surface area contributed by atoms with Crippen molar-refractivity contribution in [2.75, 3.05) is 0 Å². The minimum absolute atomic E-state index is 0.339. The molecule has 2 atom stereocenters. The van der Waals surface area contributed by atoms with Crippen LogP contribution in [0.2, 0.25) is 0 Å². The lowest BCUT2D eigenvalue weighted by molar-refractivity contribution is 0.0560. The van der Waals surface area contributed by atoms with Crippen LogP contribution in [-0.2, 0) is 6.42 Å². The summed E-state index contributed by atoms with van der Waals surface area (Å²) in [6.45, 7) is 2.22. The Bertz CT molecular complexity index is 466. The van der Waals surface area contributed by atoms with E-state index < -0.39 is 5.60 Å². The molecule has 2 heteroatoms. The average Bonchev–Trinajstić information content (AvgIpc) is 3.14. The Labute approximate surface area is 135 Å². The second-order valence-corrected chi connectivity index (χ2v) is 6.60. The zero-order valence-electron chi connectivity index (χ0n) is 13.9. The van der Waals surface area contributed by atoms with E-state index in [1.54, 1.807) is 6.26 Å². The fourth-order valence-corrected chi connectivity index (χ4v) is 3.44. The van der Waals surface area contributed by atoms with Gasteiger partial charge in [-0.2, -0.15) is 0 Å². The molecule has 0 aliphatic heterocycles. The third-order valence-electron chi connectivity index (χ3n) is 4.80. The van der Waals surface area contributed by atoms with Crippen molar-refractivity contribution in [2.45, 2.75) is 83.2 Å². The second-order valence-electron chi connectivity index (χ2n) is 6.60. The SMILES string of the molecule is CCCCCCC#C[C@@]1(O)CCC[C@H]1CCCc1ccco1. The Kier molecular flexibility index (Phi) is 7.06. The third kappa shape index (κ3) is 5.21. The molecule has 1 aromatic rings. The Morgan fingerprint density at radius 3 is 3.00 bits per heavy atom. The Balaban J connectivity index is 1.74. The minimum Gasteiger partial charge on any atom is -0.469 e. The summed E-state index contributed by atoms with van der Waals surface area (Å²) < 4.78 is 5.37. The van der Waals surface area contributed by atoms with Gasteiger partial charge in [-0.15, -0.1) is 5.92 Å². The van der Waals surface area contributed by atoms with E-state index in [1.807, 2.05) is 12.1 Å². The van der Waals surface area contributed by atoms with Crippen LogP contribution in [0.1, 0.15) is 76.9 Å². The molecule has 1 N–H and O–H groups in total. The summed E-state index contributed by atoms with van der Waals surface area (Å²) in [6.07, 6.45) is 13.8. The third-order valence-corrected chi connectivity index (χ3v) is 4.80. The van der Waals surface area contributed by atoms with Gasteiger partial charge in [-0.3, -0.25) is 0 Å². The lowest BCUT2D eigenvalue weighted by Crippen LogP contribution is -2.31. The Hall–Kier alpha value is -1.20. The molecule has 0 aromatic carbocycles. The molecule has 1 aliphatic rings. The molecule has 0 amide bonds. The largest absolute Gasteiger partial charge is 0.469 e. The number of aliphatic hydroxyl groups is 1. The van der Waals surface area contributed by atoms with E-state index in [2.05, 4.69) is 18.8 Å². The highest BCUT2D eigenvalue weighted by Gasteiger charge is 2.39. The van der Waals surface area contributed by atoms with E-state index in [9.17, 15) is 5.11 Å². The van der Waals surface area contributed by atoms with Gasteiger partial charge in [-0.1, -0.05) is 32.1 Å². The van der Waals surface area contributed by atoms with Gasteiger partial charge in [0.25, 0.3) is 0 Å². The van der Waals surface area contributed by atoms with Crippen LogP contribution in [0.25, 0.3) is 0 Å². The van der Waals surface area contributed by atoms with Crippen LogP contribution < -0.4 is 0 Å². The van der Waals surface area contributed by atoms with Crippen molar-refractivity contribution in [3.8, 4) is 11.8 Å². The maximum atomic E-state index is 10.8. The van der Waals surface area contributed by atoms with E-state index in [4.69, 9.17) is 4.42 Å². The molecule has 2 rings (SSSR count). The van der Waals surface area contributed by atoms with Gasteiger partial charge in [-0.05, 0) is 56.6 Å². The predicted molar refractivity (Wildman–Crippen MR) is 90.5 cm³/mol. The van der Waals surface area contributed by atoms with Crippen LogP contribution in [0.5, 0.6) is 0 Å². The van der Waals surface area contributed by atoms with Gasteiger partial charge in [0.1, 0.15) is 11.4 Å². The summed E-state index contributed by atoms with van der Waals surface area (Å²) in [6, 6.07) is 3.96. The van der Waals surface area contributed by atoms with Crippen LogP contribution in [0.3, 0.4) is 0 Å². The zero-order chi connectivity index (χ0) is 15.7. The molecule has 0 unspecified atom stereocenters. The van der Waals surface area contributed by atoms with Gasteiger partial charge in [0, 0.05) is 12.8 Å². The quantitative estimate of drug-likeness (QED) is 0.535. The monoisotopic (exact) mass is 302 g/mol. The van der Waals surface area contributed by atoms with Crippen molar-refractivity contribution in [2.24, 2.45) is 5.92 Å². The lowest BCUT2D eigenvalue weighted by Gasteiger charge is -2.24. The van der Waals surface area contributed by atoms with E-state index in [0.717, 1.165) is 50.7 Å². The predicted octanol–water partition coefficient (Wildman–Crippen LogP) is 5.11. The smallest absolute Gasteiger partial charge is 0.128 e. The van der Waals surface area contributed by atoms with Crippen LogP contribution in [-0.4, -0.2) is 10.7 Å². The molecule has 0 radical (unpaired) electrons. The standard InChI is InChI=1S/C20H30O2/c1-2-3-4-5-6-7-15-20(21)16-9-12-18(20)11-8-13-19-14-10-17-22-19/h10,14,17-18,21H,2-6,8-9,11-13,16H2,1H3/t18-,20-/m1/s1. The van der Waals surface area contributed by atoms with Gasteiger partial charge in [-0.25, -0.2) is 0 Å². The topological polar surface area (TPSA) is 33.4 Å². The molecule has 1 aliphatic carbocycles. The van der Waals surface area contributed by atoms with E-state index >= 15 is 0 Å². The van der Waals surface area contributed by atoms with Crippen molar-refractivity contribution in [1.82, 2.24) is 0 Å². The van der Waals surface area contributed by atoms with E-state index in [1.165, 1.54) is 25.7 Å². The summed E-state index contributed by atoms with van der Waals surface area (Å²) in [7, 11) is 0. The summed E-state index contributed by atoms with van der Waals surface area (Å²) in [4.78, 5) is 0. The summed E-state index contributed by atoms with van der Waals surface area (Å²) in [5.41, 5.74) is -0.728. The van der Waals surface area contributed by atoms with Crippen LogP contribution >= 0.6 is 0 Å². The zero-order valence-corrected chi connectivity index (χ0v) is 13.9. The fourth-order valence-electron chi connectivity index (χ4n) is 3.44. The summed E-state index contributed by atoms with van der Waals surface area (Å²) in [5, 5.41) is 10.8. The molecule has 1 fully saturated rings. The van der Waals surface area contributed by atoms with Gasteiger partial charge in [0.15, 0.2) is 0 Å². The first-order chi connectivity index (χ1) is 10.7. The highest BCUT2D eigenvalue weighted by atomic mass is 16.3. The van der Waals surface area contributed by atoms with Gasteiger partial charge >= 0.3 is 0 Å². The highest BCUT2D eigenvalue weighted by Crippen LogP contribution is 2.38. The molecular formula is C20H30O2. The number of hydrogen-bond donors (Lipinski definition) is 1. The first-order valence-corrected chi connectivity index (χ1v) is 8.99. The number of aryl methyl sites for hydroxylation is 1. The fraction of sp³-hybridized carbons (Fsp3) is 0.700. The maximum Gasteiger partial charge on any atom is 0.128 e. The molecule has 0 spiro atoms. The Morgan fingerprint density at radius 2 is 2.23 bits per heavy atom. The normalized spacial score (nSPS) is 24.2. The van der Waals surface area contributed by atoms with Crippen LogP contribution in [0.15, 0.2) is 22.8 Å². The van der Waals surface area contributed by atoms with Crippen molar-refractivity contribution in [3.63, 3.8) is 0 Å². The Morgan fingerprint density at radius 1 is 1.32 bits per heavy atom. The van der Waals surface area contributed by atoms with Crippen molar-refractivity contribution >= 4 is 0 Å². The van der Waals surface area contributed by atoms with Gasteiger partial charge in [0.2, 0.25) is 0 Å². The summed E-state index contributed by atoms with van der Waals surface area (Å²) >= 11 is 0. The molecule has 1 saturated carbocycles. The number of hydrogen-bond acceptors (Lipinski definition) is 2. The van der Waals surface area contributed by atoms with E-state index in [-0.39, 0.29) is 0 Å². The molecule has 2 nitrogen and oxygen atoms in total. The average molecular weight is 302 g/mol. The summed E-state index contributed by atoms with van der Waals surface area (Å²) in [5.74, 6) is 7.84. The molecule has 1 heterocycles. The number of unbranched alkanes of at least 4 members (excludes halogenated alkanes) is 4. The first kappa shape index (κ1) is 17.2. The van der Waals surface area contributed by atoms with Crippen molar-refractivity contribution in [3.05, 3.63) is 24.2 Å². The van der Waals surface area contributed by atoms with Crippen molar-refractivity contribution in [1.29, 1.82) is 0 Å². The van der Waals surface area contributed by atoms with Crippen molar-refractivity contribution < 1.29 is 9.52 Å². The first-order valence-electron chi connectivity index (χ1n) is 8.99. The second kappa shape index (κ2) is 9.06. The molecular weight excluding hydrogens is 272 g/mol. The van der Waals surface area contributed by atoms with Crippen LogP contribution in [0.4, 0.5) is 0 Å². The maximum absolute atomic E-state index is 10.8. The van der Waals surface area contributed by atoms with E-state index in [0.29, 0.717) is 5.92 Å². The van der Waals surface area contributed by atoms with Gasteiger partial charge < -0.3 is 9.52 Å². The number of furan rings is 1.